The van der Waals surface area contributed by atoms with Crippen molar-refractivity contribution in [2.24, 2.45) is 0 Å². The molecular weight excluding hydrogens is 733 g/mol. The second-order valence-electron chi connectivity index (χ2n) is 16.4. The molecule has 1 atom stereocenters. The van der Waals surface area contributed by atoms with E-state index in [4.69, 9.17) is 14.2 Å². The molecule has 6 nitrogen and oxygen atoms in total. The van der Waals surface area contributed by atoms with Crippen molar-refractivity contribution in [3.05, 3.63) is 60.8 Å². The molecule has 59 heavy (non-hydrogen) atoms. The van der Waals surface area contributed by atoms with Crippen molar-refractivity contribution in [3.8, 4) is 0 Å². The molecule has 0 spiro atoms. The van der Waals surface area contributed by atoms with Gasteiger partial charge >= 0.3 is 17.9 Å². The highest BCUT2D eigenvalue weighted by atomic mass is 16.6. The minimum absolute atomic E-state index is 0.0892. The van der Waals surface area contributed by atoms with E-state index in [1.54, 1.807) is 0 Å². The van der Waals surface area contributed by atoms with Gasteiger partial charge in [-0.05, 0) is 103 Å². The Morgan fingerprint density at radius 3 is 1.00 bits per heavy atom. The minimum Gasteiger partial charge on any atom is -0.462 e. The standard InChI is InChI=1S/C53H92O6/c1-4-7-10-13-16-19-22-24-26-28-31-34-37-40-43-46-52(55)58-49-50(48-57-51(54)45-42-39-36-33-30-21-18-15-12-9-6-3)59-53(56)47-44-41-38-35-32-29-27-25-23-20-17-14-11-8-5-2/h15-20,24-27,50H,4-14,21-23,28-49H2,1-3H3/b18-15-,19-16-,20-17-,26-24-,27-25-. The molecule has 6 heteroatoms. The average Bonchev–Trinajstić information content (AvgIpc) is 3.23. The topological polar surface area (TPSA) is 78.9 Å². The highest BCUT2D eigenvalue weighted by Gasteiger charge is 2.19. The second-order valence-corrected chi connectivity index (χ2v) is 16.4. The third kappa shape index (κ3) is 46.0. The van der Waals surface area contributed by atoms with E-state index in [1.165, 1.54) is 89.9 Å². The molecule has 0 aliphatic heterocycles. The first-order chi connectivity index (χ1) is 29.0. The molecular formula is C53H92O6. The first kappa shape index (κ1) is 56.1. The normalized spacial score (nSPS) is 12.5. The van der Waals surface area contributed by atoms with E-state index in [2.05, 4.69) is 81.5 Å². The van der Waals surface area contributed by atoms with Crippen LogP contribution in [0, 0.1) is 0 Å². The van der Waals surface area contributed by atoms with E-state index < -0.39 is 6.10 Å². The molecule has 0 aromatic carbocycles. The molecule has 0 aromatic heterocycles. The Morgan fingerprint density at radius 1 is 0.339 bits per heavy atom. The van der Waals surface area contributed by atoms with Crippen LogP contribution < -0.4 is 0 Å². The van der Waals surface area contributed by atoms with Gasteiger partial charge in [0.1, 0.15) is 13.2 Å². The van der Waals surface area contributed by atoms with Crippen molar-refractivity contribution in [2.45, 2.75) is 245 Å². The number of esters is 3. The highest BCUT2D eigenvalue weighted by Crippen LogP contribution is 2.13. The van der Waals surface area contributed by atoms with Crippen LogP contribution in [0.25, 0.3) is 0 Å². The van der Waals surface area contributed by atoms with Gasteiger partial charge in [0.2, 0.25) is 0 Å². The van der Waals surface area contributed by atoms with Gasteiger partial charge in [-0.1, -0.05) is 178 Å². The molecule has 0 radical (unpaired) electrons. The van der Waals surface area contributed by atoms with E-state index in [1.807, 2.05) is 0 Å². The average molecular weight is 825 g/mol. The van der Waals surface area contributed by atoms with Gasteiger partial charge in [-0.2, -0.15) is 0 Å². The molecule has 0 aliphatic carbocycles. The van der Waals surface area contributed by atoms with E-state index in [9.17, 15) is 14.4 Å². The Labute approximate surface area is 364 Å². The molecule has 0 saturated heterocycles. The zero-order valence-electron chi connectivity index (χ0n) is 38.8. The van der Waals surface area contributed by atoms with Crippen LogP contribution in [0.3, 0.4) is 0 Å². The van der Waals surface area contributed by atoms with Crippen LogP contribution in [-0.4, -0.2) is 37.2 Å². The summed E-state index contributed by atoms with van der Waals surface area (Å²) in [5.74, 6) is -0.926. The molecule has 0 aliphatic rings. The monoisotopic (exact) mass is 825 g/mol. The quantitative estimate of drug-likeness (QED) is 0.0263. The maximum atomic E-state index is 12.8. The Hall–Kier alpha value is -2.89. The van der Waals surface area contributed by atoms with Crippen LogP contribution in [0.5, 0.6) is 0 Å². The predicted molar refractivity (Wildman–Crippen MR) is 251 cm³/mol. The SMILES string of the molecule is CCCC/C=C\CCCCCCCC(=O)OCC(COC(=O)CCCCCCC/C=C\C/C=C\CCCCC)OC(=O)CCCCCCC/C=C\C/C=C\CCCCC. The summed E-state index contributed by atoms with van der Waals surface area (Å²) in [6.45, 7) is 6.51. The first-order valence-electron chi connectivity index (χ1n) is 24.8. The van der Waals surface area contributed by atoms with Gasteiger partial charge in [-0.15, -0.1) is 0 Å². The first-order valence-corrected chi connectivity index (χ1v) is 24.8. The van der Waals surface area contributed by atoms with E-state index in [0.29, 0.717) is 19.3 Å². The number of hydrogen-bond acceptors (Lipinski definition) is 6. The molecule has 340 valence electrons. The summed E-state index contributed by atoms with van der Waals surface area (Å²) in [4.78, 5) is 37.9. The number of rotatable bonds is 44. The third-order valence-electron chi connectivity index (χ3n) is 10.5. The van der Waals surface area contributed by atoms with Gasteiger partial charge < -0.3 is 14.2 Å². The van der Waals surface area contributed by atoms with Gasteiger partial charge in [-0.25, -0.2) is 0 Å². The maximum absolute atomic E-state index is 12.8. The maximum Gasteiger partial charge on any atom is 0.306 e. The van der Waals surface area contributed by atoms with E-state index in [0.717, 1.165) is 109 Å². The third-order valence-corrected chi connectivity index (χ3v) is 10.5. The van der Waals surface area contributed by atoms with Crippen molar-refractivity contribution < 1.29 is 28.6 Å². The largest absolute Gasteiger partial charge is 0.462 e. The lowest BCUT2D eigenvalue weighted by atomic mass is 10.1. The molecule has 0 aromatic rings. The fourth-order valence-electron chi connectivity index (χ4n) is 6.66. The fourth-order valence-corrected chi connectivity index (χ4v) is 6.66. The van der Waals surface area contributed by atoms with Gasteiger partial charge in [0.25, 0.3) is 0 Å². The minimum atomic E-state index is -0.789. The van der Waals surface area contributed by atoms with Crippen molar-refractivity contribution in [1.82, 2.24) is 0 Å². The van der Waals surface area contributed by atoms with Gasteiger partial charge in [0, 0.05) is 19.3 Å². The van der Waals surface area contributed by atoms with Crippen molar-refractivity contribution in [3.63, 3.8) is 0 Å². The van der Waals surface area contributed by atoms with Crippen LogP contribution in [0.1, 0.15) is 239 Å². The number of allylic oxidation sites excluding steroid dienone is 10. The van der Waals surface area contributed by atoms with E-state index in [-0.39, 0.29) is 31.1 Å². The Morgan fingerprint density at radius 2 is 0.627 bits per heavy atom. The van der Waals surface area contributed by atoms with Crippen LogP contribution in [0.15, 0.2) is 60.8 Å². The van der Waals surface area contributed by atoms with Crippen LogP contribution in [0.2, 0.25) is 0 Å². The second kappa shape index (κ2) is 47.8. The number of unbranched alkanes of at least 4 members (excludes halogenated alkanes) is 23. The number of ether oxygens (including phenoxy) is 3. The van der Waals surface area contributed by atoms with Gasteiger partial charge in [-0.3, -0.25) is 14.4 Å². The molecule has 0 heterocycles. The van der Waals surface area contributed by atoms with Crippen molar-refractivity contribution in [2.75, 3.05) is 13.2 Å². The lowest BCUT2D eigenvalue weighted by molar-refractivity contribution is -0.167. The van der Waals surface area contributed by atoms with Crippen LogP contribution in [0.4, 0.5) is 0 Å². The molecule has 0 amide bonds. The summed E-state index contributed by atoms with van der Waals surface area (Å²) >= 11 is 0. The summed E-state index contributed by atoms with van der Waals surface area (Å²) in [5, 5.41) is 0. The predicted octanol–water partition coefficient (Wildman–Crippen LogP) is 16.1. The summed E-state index contributed by atoms with van der Waals surface area (Å²) in [6.07, 6.45) is 57.7. The fraction of sp³-hybridized carbons (Fsp3) is 0.755. The van der Waals surface area contributed by atoms with E-state index >= 15 is 0 Å². The Balaban J connectivity index is 4.43. The number of carbonyl (C=O) groups excluding carboxylic acids is 3. The summed E-state index contributed by atoms with van der Waals surface area (Å²) < 4.78 is 16.7. The number of hydrogen-bond donors (Lipinski definition) is 0. The summed E-state index contributed by atoms with van der Waals surface area (Å²) in [5.41, 5.74) is 0. The zero-order chi connectivity index (χ0) is 43.0. The zero-order valence-corrected chi connectivity index (χ0v) is 38.8. The van der Waals surface area contributed by atoms with Crippen LogP contribution in [-0.2, 0) is 28.6 Å². The molecule has 0 bridgehead atoms. The Kier molecular flexibility index (Phi) is 45.4. The lowest BCUT2D eigenvalue weighted by Gasteiger charge is -2.18. The molecule has 1 unspecified atom stereocenters. The van der Waals surface area contributed by atoms with Crippen molar-refractivity contribution in [1.29, 1.82) is 0 Å². The molecule has 0 N–H and O–H groups in total. The smallest absolute Gasteiger partial charge is 0.306 e. The molecule has 0 rings (SSSR count). The van der Waals surface area contributed by atoms with Gasteiger partial charge in [0.05, 0.1) is 0 Å². The summed E-state index contributed by atoms with van der Waals surface area (Å²) in [7, 11) is 0. The molecule has 0 saturated carbocycles. The lowest BCUT2D eigenvalue weighted by Crippen LogP contribution is -2.30. The van der Waals surface area contributed by atoms with Crippen LogP contribution >= 0.6 is 0 Å². The molecule has 0 fully saturated rings. The van der Waals surface area contributed by atoms with Crippen molar-refractivity contribution >= 4 is 17.9 Å². The number of carbonyl (C=O) groups is 3. The summed E-state index contributed by atoms with van der Waals surface area (Å²) in [6, 6.07) is 0. The van der Waals surface area contributed by atoms with Gasteiger partial charge in [0.15, 0.2) is 6.10 Å². The Bertz CT molecular complexity index is 1090. The highest BCUT2D eigenvalue weighted by molar-refractivity contribution is 5.71.